The lowest BCUT2D eigenvalue weighted by Crippen LogP contribution is -2.29. The van der Waals surface area contributed by atoms with Gasteiger partial charge in [-0.15, -0.1) is 0 Å². The van der Waals surface area contributed by atoms with Crippen LogP contribution < -0.4 is 10.2 Å². The maximum absolute atomic E-state index is 12.9. The van der Waals surface area contributed by atoms with Crippen molar-refractivity contribution < 1.29 is 14.4 Å². The number of fused-ring (bicyclic) bond motifs is 1. The number of carbonyl (C=O) groups excluding carboxylic acids is 3. The Morgan fingerprint density at radius 3 is 2.00 bits per heavy atom. The molecule has 0 radical (unpaired) electrons. The molecule has 0 unspecified atom stereocenters. The SMILES string of the molecule is C.CNC(=O)c1ccc2c(c1)C(=O)N(c1ccc(Cc3ccc(C)cc3)cc1)C2=O. The van der Waals surface area contributed by atoms with Crippen LogP contribution in [0.3, 0.4) is 0 Å². The van der Waals surface area contributed by atoms with Crippen LogP contribution in [0.2, 0.25) is 0 Å². The molecule has 1 N–H and O–H groups in total. The molecule has 3 aromatic rings. The van der Waals surface area contributed by atoms with E-state index < -0.39 is 5.91 Å². The van der Waals surface area contributed by atoms with Gasteiger partial charge in [0.2, 0.25) is 0 Å². The van der Waals surface area contributed by atoms with Crippen LogP contribution >= 0.6 is 0 Å². The predicted molar refractivity (Wildman–Crippen MR) is 118 cm³/mol. The van der Waals surface area contributed by atoms with Gasteiger partial charge < -0.3 is 5.32 Å². The first-order valence-corrected chi connectivity index (χ1v) is 9.37. The number of benzene rings is 3. The molecule has 0 aromatic heterocycles. The number of nitrogens with zero attached hydrogens (tertiary/aromatic N) is 1. The summed E-state index contributed by atoms with van der Waals surface area (Å²) in [5.74, 6) is -1.09. The summed E-state index contributed by atoms with van der Waals surface area (Å²) in [6.45, 7) is 2.05. The molecule has 4 rings (SSSR count). The van der Waals surface area contributed by atoms with Crippen molar-refractivity contribution in [2.24, 2.45) is 0 Å². The maximum atomic E-state index is 12.9. The number of rotatable bonds is 4. The molecular weight excluding hydrogens is 376 g/mol. The molecule has 0 atom stereocenters. The Hall–Kier alpha value is -3.73. The van der Waals surface area contributed by atoms with Gasteiger partial charge in [0.15, 0.2) is 0 Å². The highest BCUT2D eigenvalue weighted by atomic mass is 16.2. The molecule has 0 saturated carbocycles. The van der Waals surface area contributed by atoms with Crippen molar-refractivity contribution in [2.45, 2.75) is 20.8 Å². The summed E-state index contributed by atoms with van der Waals surface area (Å²) in [6.07, 6.45) is 0.776. The van der Waals surface area contributed by atoms with Crippen LogP contribution in [-0.2, 0) is 6.42 Å². The van der Waals surface area contributed by atoms with Gasteiger partial charge in [-0.2, -0.15) is 0 Å². The van der Waals surface area contributed by atoms with E-state index in [1.54, 1.807) is 18.2 Å². The lowest BCUT2D eigenvalue weighted by atomic mass is 10.0. The Morgan fingerprint density at radius 1 is 0.833 bits per heavy atom. The van der Waals surface area contributed by atoms with Crippen molar-refractivity contribution in [3.05, 3.63) is 100 Å². The van der Waals surface area contributed by atoms with E-state index in [1.165, 1.54) is 30.3 Å². The smallest absolute Gasteiger partial charge is 0.266 e. The fourth-order valence-corrected chi connectivity index (χ4v) is 3.47. The van der Waals surface area contributed by atoms with Crippen LogP contribution in [-0.4, -0.2) is 24.8 Å². The highest BCUT2D eigenvalue weighted by Gasteiger charge is 2.37. The van der Waals surface area contributed by atoms with Gasteiger partial charge in [0.05, 0.1) is 16.8 Å². The van der Waals surface area contributed by atoms with Crippen LogP contribution in [0.15, 0.2) is 66.7 Å². The van der Waals surface area contributed by atoms with Crippen LogP contribution in [0.4, 0.5) is 5.69 Å². The molecule has 5 nitrogen and oxygen atoms in total. The number of anilines is 1. The maximum Gasteiger partial charge on any atom is 0.266 e. The van der Waals surface area contributed by atoms with Crippen molar-refractivity contribution in [2.75, 3.05) is 11.9 Å². The standard InChI is InChI=1S/C24H20N2O3.CH4/c1-15-3-5-16(6-4-15)13-17-7-10-19(11-8-17)26-23(28)20-12-9-18(22(27)25-2)14-21(20)24(26)29;/h3-12,14H,13H2,1-2H3,(H,25,27);1H4. The topological polar surface area (TPSA) is 66.5 Å². The van der Waals surface area contributed by atoms with Gasteiger partial charge in [-0.3, -0.25) is 14.4 Å². The predicted octanol–water partition coefficient (Wildman–Crippen LogP) is 4.38. The molecule has 0 bridgehead atoms. The summed E-state index contributed by atoms with van der Waals surface area (Å²) in [5.41, 5.74) is 4.94. The molecule has 152 valence electrons. The van der Waals surface area contributed by atoms with Crippen LogP contribution in [0.5, 0.6) is 0 Å². The molecule has 1 aliphatic rings. The van der Waals surface area contributed by atoms with Crippen LogP contribution in [0, 0.1) is 6.92 Å². The Labute approximate surface area is 176 Å². The summed E-state index contributed by atoms with van der Waals surface area (Å²) in [5, 5.41) is 2.52. The third kappa shape index (κ3) is 3.74. The van der Waals surface area contributed by atoms with Crippen molar-refractivity contribution >= 4 is 23.4 Å². The largest absolute Gasteiger partial charge is 0.355 e. The third-order valence-corrected chi connectivity index (χ3v) is 5.10. The highest BCUT2D eigenvalue weighted by Crippen LogP contribution is 2.29. The van der Waals surface area contributed by atoms with Crippen LogP contribution in [0.25, 0.3) is 0 Å². The fourth-order valence-electron chi connectivity index (χ4n) is 3.47. The minimum absolute atomic E-state index is 0. The zero-order valence-corrected chi connectivity index (χ0v) is 16.2. The number of nitrogens with one attached hydrogen (secondary N) is 1. The molecule has 30 heavy (non-hydrogen) atoms. The van der Waals surface area contributed by atoms with E-state index in [0.29, 0.717) is 16.8 Å². The molecule has 0 fully saturated rings. The van der Waals surface area contributed by atoms with Gasteiger partial charge >= 0.3 is 0 Å². The van der Waals surface area contributed by atoms with Gasteiger partial charge in [0, 0.05) is 12.6 Å². The van der Waals surface area contributed by atoms with E-state index in [0.717, 1.165) is 16.9 Å². The number of carbonyl (C=O) groups is 3. The van der Waals surface area contributed by atoms with Crippen molar-refractivity contribution in [1.82, 2.24) is 5.32 Å². The Bertz CT molecular complexity index is 1120. The average Bonchev–Trinajstić information content (AvgIpc) is 2.99. The van der Waals surface area contributed by atoms with Crippen molar-refractivity contribution in [3.8, 4) is 0 Å². The third-order valence-electron chi connectivity index (χ3n) is 5.10. The molecule has 3 aromatic carbocycles. The normalized spacial score (nSPS) is 12.4. The van der Waals surface area contributed by atoms with E-state index in [-0.39, 0.29) is 24.8 Å². The van der Waals surface area contributed by atoms with Gasteiger partial charge in [-0.25, -0.2) is 4.90 Å². The zero-order valence-electron chi connectivity index (χ0n) is 16.2. The Balaban J connectivity index is 0.00000256. The van der Waals surface area contributed by atoms with E-state index >= 15 is 0 Å². The first kappa shape index (κ1) is 21.0. The Morgan fingerprint density at radius 2 is 1.40 bits per heavy atom. The first-order valence-electron chi connectivity index (χ1n) is 9.37. The average molecular weight is 400 g/mol. The van der Waals surface area contributed by atoms with E-state index in [9.17, 15) is 14.4 Å². The van der Waals surface area contributed by atoms with Crippen molar-refractivity contribution in [3.63, 3.8) is 0 Å². The van der Waals surface area contributed by atoms with E-state index in [2.05, 4.69) is 36.5 Å². The van der Waals surface area contributed by atoms with Gasteiger partial charge in [-0.05, 0) is 54.8 Å². The van der Waals surface area contributed by atoms with Gasteiger partial charge in [0.25, 0.3) is 17.7 Å². The second-order valence-electron chi connectivity index (χ2n) is 7.11. The first-order chi connectivity index (χ1) is 14.0. The van der Waals surface area contributed by atoms with Gasteiger partial charge in [0.1, 0.15) is 0 Å². The van der Waals surface area contributed by atoms with Gasteiger partial charge in [-0.1, -0.05) is 49.4 Å². The molecule has 1 heterocycles. The molecule has 0 spiro atoms. The minimum atomic E-state index is -0.415. The van der Waals surface area contributed by atoms with E-state index in [4.69, 9.17) is 0 Å². The second-order valence-corrected chi connectivity index (χ2v) is 7.11. The number of aryl methyl sites for hydroxylation is 1. The highest BCUT2D eigenvalue weighted by molar-refractivity contribution is 6.34. The molecule has 5 heteroatoms. The summed E-state index contributed by atoms with van der Waals surface area (Å²) in [7, 11) is 1.52. The zero-order chi connectivity index (χ0) is 20.5. The molecule has 1 aliphatic heterocycles. The monoisotopic (exact) mass is 400 g/mol. The second kappa shape index (κ2) is 8.33. The Kier molecular flexibility index (Phi) is 5.83. The summed E-state index contributed by atoms with van der Waals surface area (Å²) in [6, 6.07) is 20.3. The van der Waals surface area contributed by atoms with E-state index in [1.807, 2.05) is 12.1 Å². The minimum Gasteiger partial charge on any atom is -0.355 e. The van der Waals surface area contributed by atoms with Crippen molar-refractivity contribution in [1.29, 1.82) is 0 Å². The fraction of sp³-hybridized carbons (Fsp3) is 0.160. The lowest BCUT2D eigenvalue weighted by molar-refractivity contribution is 0.0924. The molecule has 3 amide bonds. The number of hydrogen-bond donors (Lipinski definition) is 1. The quantitative estimate of drug-likeness (QED) is 0.661. The number of amides is 3. The molecule has 0 saturated heterocycles. The van der Waals surface area contributed by atoms with Crippen LogP contribution in [0.1, 0.15) is 55.2 Å². The number of hydrogen-bond acceptors (Lipinski definition) is 3. The summed E-state index contributed by atoms with van der Waals surface area (Å²) < 4.78 is 0. The molecular formula is C25H24N2O3. The number of imide groups is 1. The summed E-state index contributed by atoms with van der Waals surface area (Å²) in [4.78, 5) is 38.6. The summed E-state index contributed by atoms with van der Waals surface area (Å²) >= 11 is 0. The lowest BCUT2D eigenvalue weighted by Gasteiger charge is -2.14. The molecule has 0 aliphatic carbocycles.